The molecule has 0 fully saturated rings. The van der Waals surface area contributed by atoms with Gasteiger partial charge in [0.2, 0.25) is 5.91 Å². The Morgan fingerprint density at radius 1 is 1.41 bits per heavy atom. The summed E-state index contributed by atoms with van der Waals surface area (Å²) in [5.41, 5.74) is 0.756. The van der Waals surface area contributed by atoms with Gasteiger partial charge in [-0.2, -0.15) is 24.9 Å². The Labute approximate surface area is 168 Å². The molecule has 144 valence electrons. The van der Waals surface area contributed by atoms with Crippen LogP contribution < -0.4 is 4.90 Å². The molecule has 0 saturated heterocycles. The molecule has 0 bridgehead atoms. The standard InChI is InChI=1S/C17H15ClF3N3OS2/c1-2-8-24(13(25)5-9-26-10-6-17(19,20)21)16-14(18)23-15(27-16)12-4-3-7-22-11-12/h1,3-4,7,11H,5-6,8-10H2. The number of anilines is 1. The van der Waals surface area contributed by atoms with Crippen LogP contribution in [-0.2, 0) is 4.79 Å². The SMILES string of the molecule is C#CCN(C(=O)CCSCCC(F)(F)F)c1sc(-c2cccnc2)nc1Cl. The van der Waals surface area contributed by atoms with Gasteiger partial charge < -0.3 is 0 Å². The molecule has 10 heteroatoms. The third-order valence-corrected chi connectivity index (χ3v) is 5.75. The van der Waals surface area contributed by atoms with E-state index in [1.54, 1.807) is 18.5 Å². The molecule has 0 saturated carbocycles. The van der Waals surface area contributed by atoms with Crippen molar-refractivity contribution in [1.29, 1.82) is 0 Å². The summed E-state index contributed by atoms with van der Waals surface area (Å²) in [5.74, 6) is 2.27. The minimum atomic E-state index is -4.19. The highest BCUT2D eigenvalue weighted by Crippen LogP contribution is 2.37. The maximum Gasteiger partial charge on any atom is 0.389 e. The van der Waals surface area contributed by atoms with Crippen LogP contribution in [0.5, 0.6) is 0 Å². The number of hydrogen-bond donors (Lipinski definition) is 0. The lowest BCUT2D eigenvalue weighted by atomic mass is 10.3. The van der Waals surface area contributed by atoms with Crippen molar-refractivity contribution in [3.05, 3.63) is 29.7 Å². The second-order valence-corrected chi connectivity index (χ2v) is 7.83. The largest absolute Gasteiger partial charge is 0.389 e. The van der Waals surface area contributed by atoms with Crippen LogP contribution in [0, 0.1) is 12.3 Å². The quantitative estimate of drug-likeness (QED) is 0.439. The van der Waals surface area contributed by atoms with Gasteiger partial charge in [0, 0.05) is 35.9 Å². The summed E-state index contributed by atoms with van der Waals surface area (Å²) >= 11 is 8.47. The van der Waals surface area contributed by atoms with E-state index < -0.39 is 12.6 Å². The molecule has 1 amide bonds. The van der Waals surface area contributed by atoms with Crippen LogP contribution in [-0.4, -0.2) is 40.1 Å². The maximum absolute atomic E-state index is 12.5. The Bertz CT molecular complexity index is 806. The van der Waals surface area contributed by atoms with Gasteiger partial charge in [-0.1, -0.05) is 28.9 Å². The first kappa shape index (κ1) is 21.5. The number of carbonyl (C=O) groups excluding carboxylic acids is 1. The minimum Gasteiger partial charge on any atom is -0.289 e. The van der Waals surface area contributed by atoms with Gasteiger partial charge in [-0.05, 0) is 12.1 Å². The van der Waals surface area contributed by atoms with Crippen molar-refractivity contribution in [3.63, 3.8) is 0 Å². The van der Waals surface area contributed by atoms with E-state index in [9.17, 15) is 18.0 Å². The van der Waals surface area contributed by atoms with Gasteiger partial charge in [-0.3, -0.25) is 14.7 Å². The summed E-state index contributed by atoms with van der Waals surface area (Å²) in [6, 6.07) is 3.57. The number of hydrogen-bond acceptors (Lipinski definition) is 5. The van der Waals surface area contributed by atoms with E-state index in [-0.39, 0.29) is 35.5 Å². The van der Waals surface area contributed by atoms with E-state index in [2.05, 4.69) is 15.9 Å². The fourth-order valence-electron chi connectivity index (χ4n) is 2.02. The second kappa shape index (κ2) is 9.97. The molecule has 0 aliphatic rings. The number of pyridine rings is 1. The van der Waals surface area contributed by atoms with E-state index >= 15 is 0 Å². The molecular weight excluding hydrogens is 419 g/mol. The zero-order chi connectivity index (χ0) is 19.9. The number of thioether (sulfide) groups is 1. The molecule has 0 N–H and O–H groups in total. The predicted molar refractivity (Wildman–Crippen MR) is 104 cm³/mol. The number of thiazole rings is 1. The number of halogens is 4. The number of rotatable bonds is 8. The third kappa shape index (κ3) is 6.72. The Morgan fingerprint density at radius 3 is 2.81 bits per heavy atom. The van der Waals surface area contributed by atoms with E-state index in [1.165, 1.54) is 16.2 Å². The van der Waals surface area contributed by atoms with Crippen LogP contribution >= 0.6 is 34.7 Å². The first-order chi connectivity index (χ1) is 12.8. The van der Waals surface area contributed by atoms with E-state index in [0.29, 0.717) is 10.0 Å². The van der Waals surface area contributed by atoms with Gasteiger partial charge in [0.1, 0.15) is 10.0 Å². The number of alkyl halides is 3. The number of amides is 1. The van der Waals surface area contributed by atoms with Crippen LogP contribution in [0.15, 0.2) is 24.5 Å². The topological polar surface area (TPSA) is 46.1 Å². The van der Waals surface area contributed by atoms with Crippen LogP contribution in [0.1, 0.15) is 12.8 Å². The Morgan fingerprint density at radius 2 is 2.19 bits per heavy atom. The highest BCUT2D eigenvalue weighted by molar-refractivity contribution is 7.99. The van der Waals surface area contributed by atoms with Crippen molar-refractivity contribution in [3.8, 4) is 22.9 Å². The second-order valence-electron chi connectivity index (χ2n) is 5.27. The van der Waals surface area contributed by atoms with Crippen molar-refractivity contribution in [2.45, 2.75) is 19.0 Å². The van der Waals surface area contributed by atoms with Crippen LogP contribution in [0.2, 0.25) is 5.15 Å². The monoisotopic (exact) mass is 433 g/mol. The molecule has 0 unspecified atom stereocenters. The van der Waals surface area contributed by atoms with Gasteiger partial charge in [0.05, 0.1) is 13.0 Å². The molecule has 4 nitrogen and oxygen atoms in total. The van der Waals surface area contributed by atoms with Crippen molar-refractivity contribution in [1.82, 2.24) is 9.97 Å². The van der Waals surface area contributed by atoms with Crippen LogP contribution in [0.25, 0.3) is 10.6 Å². The van der Waals surface area contributed by atoms with Gasteiger partial charge in [0.15, 0.2) is 5.15 Å². The summed E-state index contributed by atoms with van der Waals surface area (Å²) in [5, 5.41) is 1.16. The number of carbonyl (C=O) groups is 1. The number of terminal acetylenes is 1. The lowest BCUT2D eigenvalue weighted by Gasteiger charge is -2.18. The first-order valence-corrected chi connectivity index (χ1v) is 10.1. The van der Waals surface area contributed by atoms with Crippen LogP contribution in [0.3, 0.4) is 0 Å². The molecule has 0 spiro atoms. The molecule has 0 atom stereocenters. The summed E-state index contributed by atoms with van der Waals surface area (Å²) in [7, 11) is 0. The van der Waals surface area contributed by atoms with Gasteiger partial charge in [-0.25, -0.2) is 4.98 Å². The average Bonchev–Trinajstić information content (AvgIpc) is 3.00. The Hall–Kier alpha value is -1.76. The molecule has 0 radical (unpaired) electrons. The minimum absolute atomic E-state index is 0.000441. The zero-order valence-corrected chi connectivity index (χ0v) is 16.4. The highest BCUT2D eigenvalue weighted by Gasteiger charge is 2.26. The van der Waals surface area contributed by atoms with E-state index in [4.69, 9.17) is 18.0 Å². The van der Waals surface area contributed by atoms with Crippen LogP contribution in [0.4, 0.5) is 18.2 Å². The normalized spacial score (nSPS) is 11.2. The summed E-state index contributed by atoms with van der Waals surface area (Å²) in [4.78, 5) is 22.1. The van der Waals surface area contributed by atoms with Gasteiger partial charge in [0.25, 0.3) is 0 Å². The highest BCUT2D eigenvalue weighted by atomic mass is 35.5. The fourth-order valence-corrected chi connectivity index (χ4v) is 4.24. The van der Waals surface area contributed by atoms with E-state index in [0.717, 1.165) is 17.3 Å². The predicted octanol–water partition coefficient (Wildman–Crippen LogP) is 4.90. The smallest absolute Gasteiger partial charge is 0.289 e. The molecule has 2 rings (SSSR count). The van der Waals surface area contributed by atoms with Crippen molar-refractivity contribution >= 4 is 45.6 Å². The molecule has 27 heavy (non-hydrogen) atoms. The molecule has 0 aromatic carbocycles. The number of aromatic nitrogens is 2. The van der Waals surface area contributed by atoms with Crippen molar-refractivity contribution < 1.29 is 18.0 Å². The van der Waals surface area contributed by atoms with Gasteiger partial charge >= 0.3 is 6.18 Å². The first-order valence-electron chi connectivity index (χ1n) is 7.77. The van der Waals surface area contributed by atoms with E-state index in [1.807, 2.05) is 6.07 Å². The summed E-state index contributed by atoms with van der Waals surface area (Å²) in [6.07, 6.45) is 3.60. The Balaban J connectivity index is 2.03. The lowest BCUT2D eigenvalue weighted by molar-refractivity contribution is -0.129. The summed E-state index contributed by atoms with van der Waals surface area (Å²) < 4.78 is 36.4. The zero-order valence-electron chi connectivity index (χ0n) is 14.0. The average molecular weight is 434 g/mol. The van der Waals surface area contributed by atoms with Crippen molar-refractivity contribution in [2.24, 2.45) is 0 Å². The molecule has 0 aliphatic carbocycles. The molecule has 2 aromatic heterocycles. The molecule has 2 aromatic rings. The maximum atomic E-state index is 12.5. The number of nitrogens with zero attached hydrogens (tertiary/aromatic N) is 3. The molecular formula is C17H15ClF3N3OS2. The fraction of sp³-hybridized carbons (Fsp3) is 0.353. The van der Waals surface area contributed by atoms with Crippen molar-refractivity contribution in [2.75, 3.05) is 23.0 Å². The van der Waals surface area contributed by atoms with Gasteiger partial charge in [-0.15, -0.1) is 6.42 Å². The summed E-state index contributed by atoms with van der Waals surface area (Å²) in [6.45, 7) is 0.000441. The lowest BCUT2D eigenvalue weighted by Crippen LogP contribution is -2.31. The third-order valence-electron chi connectivity index (χ3n) is 3.26. The Kier molecular flexibility index (Phi) is 7.95. The molecule has 0 aliphatic heterocycles. The molecule has 2 heterocycles.